The number of carbonyl (C=O) groups excluding carboxylic acids is 2. The van der Waals surface area contributed by atoms with Gasteiger partial charge in [0.05, 0.1) is 11.1 Å². The number of carbonyl (C=O) groups is 3. The standard InChI is InChI=1S/C20H19FN2O4/c21-14-5-3-4-13(12-14)18(24)22-15-8-10-23(11-9-15)19(25)16-6-1-2-7-17(16)20(26)27/h1-7,12,15H,8-11H2,(H,22,24)(H,26,27). The van der Waals surface area contributed by atoms with Crippen LogP contribution in [0.1, 0.15) is 43.9 Å². The van der Waals surface area contributed by atoms with Crippen LogP contribution in [0.3, 0.4) is 0 Å². The van der Waals surface area contributed by atoms with E-state index in [-0.39, 0.29) is 34.5 Å². The molecule has 0 saturated carbocycles. The number of likely N-dealkylation sites (tertiary alicyclic amines) is 1. The fourth-order valence-electron chi connectivity index (χ4n) is 3.15. The van der Waals surface area contributed by atoms with Crippen molar-refractivity contribution in [1.29, 1.82) is 0 Å². The van der Waals surface area contributed by atoms with Gasteiger partial charge in [-0.3, -0.25) is 9.59 Å². The summed E-state index contributed by atoms with van der Waals surface area (Å²) in [6.45, 7) is 0.807. The first kappa shape index (κ1) is 18.6. The minimum absolute atomic E-state index is 0.0240. The predicted molar refractivity (Wildman–Crippen MR) is 96.2 cm³/mol. The van der Waals surface area contributed by atoms with Crippen LogP contribution in [0.4, 0.5) is 4.39 Å². The first-order valence-electron chi connectivity index (χ1n) is 8.63. The molecule has 2 aromatic carbocycles. The van der Waals surface area contributed by atoms with Crippen molar-refractivity contribution in [2.24, 2.45) is 0 Å². The van der Waals surface area contributed by atoms with Gasteiger partial charge in [0.2, 0.25) is 0 Å². The molecule has 2 N–H and O–H groups in total. The number of hydrogen-bond donors (Lipinski definition) is 2. The zero-order valence-electron chi connectivity index (χ0n) is 14.5. The average molecular weight is 370 g/mol. The Morgan fingerprint density at radius 2 is 1.67 bits per heavy atom. The summed E-state index contributed by atoms with van der Waals surface area (Å²) >= 11 is 0. The summed E-state index contributed by atoms with van der Waals surface area (Å²) in [4.78, 5) is 37.7. The number of nitrogens with one attached hydrogen (secondary N) is 1. The van der Waals surface area contributed by atoms with Gasteiger partial charge in [0.25, 0.3) is 11.8 Å². The second-order valence-corrected chi connectivity index (χ2v) is 6.40. The van der Waals surface area contributed by atoms with Crippen molar-refractivity contribution in [3.63, 3.8) is 0 Å². The molecule has 1 saturated heterocycles. The largest absolute Gasteiger partial charge is 0.478 e. The van der Waals surface area contributed by atoms with Crippen molar-refractivity contribution in [3.05, 3.63) is 71.0 Å². The minimum atomic E-state index is -1.14. The summed E-state index contributed by atoms with van der Waals surface area (Å²) in [5, 5.41) is 12.1. The molecule has 0 bridgehead atoms. The van der Waals surface area contributed by atoms with Gasteiger partial charge in [-0.2, -0.15) is 0 Å². The number of aromatic carboxylic acids is 1. The third-order valence-electron chi connectivity index (χ3n) is 4.59. The van der Waals surface area contributed by atoms with Crippen molar-refractivity contribution < 1.29 is 23.9 Å². The zero-order chi connectivity index (χ0) is 19.4. The second kappa shape index (κ2) is 7.99. The second-order valence-electron chi connectivity index (χ2n) is 6.40. The van der Waals surface area contributed by atoms with E-state index in [0.29, 0.717) is 25.9 Å². The van der Waals surface area contributed by atoms with Crippen LogP contribution in [0.5, 0.6) is 0 Å². The summed E-state index contributed by atoms with van der Waals surface area (Å²) in [7, 11) is 0. The molecule has 2 amide bonds. The Bertz CT molecular complexity index is 876. The van der Waals surface area contributed by atoms with E-state index in [9.17, 15) is 23.9 Å². The molecule has 0 aromatic heterocycles. The lowest BCUT2D eigenvalue weighted by molar-refractivity contribution is 0.0654. The highest BCUT2D eigenvalue weighted by molar-refractivity contribution is 6.04. The predicted octanol–water partition coefficient (Wildman–Crippen LogP) is 2.56. The van der Waals surface area contributed by atoms with Crippen LogP contribution in [-0.2, 0) is 0 Å². The van der Waals surface area contributed by atoms with Crippen molar-refractivity contribution in [2.45, 2.75) is 18.9 Å². The van der Waals surface area contributed by atoms with Crippen molar-refractivity contribution in [2.75, 3.05) is 13.1 Å². The number of hydrogen-bond acceptors (Lipinski definition) is 3. The van der Waals surface area contributed by atoms with E-state index in [1.807, 2.05) is 0 Å². The first-order chi connectivity index (χ1) is 13.0. The number of amides is 2. The quantitative estimate of drug-likeness (QED) is 0.866. The minimum Gasteiger partial charge on any atom is -0.478 e. The Kier molecular flexibility index (Phi) is 5.49. The Labute approximate surface area is 155 Å². The van der Waals surface area contributed by atoms with Gasteiger partial charge in [-0.1, -0.05) is 18.2 Å². The van der Waals surface area contributed by atoms with E-state index in [4.69, 9.17) is 0 Å². The molecule has 6 nitrogen and oxygen atoms in total. The van der Waals surface area contributed by atoms with Crippen LogP contribution in [0, 0.1) is 5.82 Å². The lowest BCUT2D eigenvalue weighted by atomic mass is 10.0. The summed E-state index contributed by atoms with van der Waals surface area (Å²) in [6, 6.07) is 11.5. The van der Waals surface area contributed by atoms with E-state index in [1.165, 1.54) is 30.3 Å². The van der Waals surface area contributed by atoms with Crippen LogP contribution in [0.2, 0.25) is 0 Å². The number of piperidine rings is 1. The van der Waals surface area contributed by atoms with Gasteiger partial charge in [-0.05, 0) is 43.2 Å². The molecule has 27 heavy (non-hydrogen) atoms. The number of benzene rings is 2. The summed E-state index contributed by atoms with van der Waals surface area (Å²) in [6.07, 6.45) is 1.09. The topological polar surface area (TPSA) is 86.7 Å². The SMILES string of the molecule is O=C(NC1CCN(C(=O)c2ccccc2C(=O)O)CC1)c1cccc(F)c1. The van der Waals surface area contributed by atoms with Gasteiger partial charge in [0.15, 0.2) is 0 Å². The molecular weight excluding hydrogens is 351 g/mol. The Morgan fingerprint density at radius 3 is 2.30 bits per heavy atom. The Balaban J connectivity index is 1.60. The van der Waals surface area contributed by atoms with E-state index in [1.54, 1.807) is 23.1 Å². The molecule has 1 heterocycles. The van der Waals surface area contributed by atoms with Crippen LogP contribution in [-0.4, -0.2) is 46.9 Å². The van der Waals surface area contributed by atoms with Crippen molar-refractivity contribution in [3.8, 4) is 0 Å². The number of halogens is 1. The highest BCUT2D eigenvalue weighted by Crippen LogP contribution is 2.17. The van der Waals surface area contributed by atoms with E-state index < -0.39 is 11.8 Å². The molecule has 2 aromatic rings. The van der Waals surface area contributed by atoms with Gasteiger partial charge in [0.1, 0.15) is 5.82 Å². The Hall–Kier alpha value is -3.22. The lowest BCUT2D eigenvalue weighted by Gasteiger charge is -2.32. The third-order valence-corrected chi connectivity index (χ3v) is 4.59. The molecule has 0 atom stereocenters. The molecule has 3 rings (SSSR count). The lowest BCUT2D eigenvalue weighted by Crippen LogP contribution is -2.46. The van der Waals surface area contributed by atoms with Gasteiger partial charge in [-0.15, -0.1) is 0 Å². The van der Waals surface area contributed by atoms with Crippen LogP contribution >= 0.6 is 0 Å². The molecule has 140 valence electrons. The zero-order valence-corrected chi connectivity index (χ0v) is 14.5. The Morgan fingerprint density at radius 1 is 1.00 bits per heavy atom. The number of carboxylic acids is 1. The maximum absolute atomic E-state index is 13.2. The molecular formula is C20H19FN2O4. The van der Waals surface area contributed by atoms with E-state index in [0.717, 1.165) is 0 Å². The van der Waals surface area contributed by atoms with E-state index >= 15 is 0 Å². The normalized spacial score (nSPS) is 14.6. The summed E-state index contributed by atoms with van der Waals surface area (Å²) in [5.74, 6) is -2.30. The molecule has 7 heteroatoms. The smallest absolute Gasteiger partial charge is 0.336 e. The number of nitrogens with zero attached hydrogens (tertiary/aromatic N) is 1. The molecule has 0 unspecified atom stereocenters. The maximum atomic E-state index is 13.2. The van der Waals surface area contributed by atoms with Crippen LogP contribution in [0.25, 0.3) is 0 Å². The van der Waals surface area contributed by atoms with Gasteiger partial charge in [-0.25, -0.2) is 9.18 Å². The van der Waals surface area contributed by atoms with Gasteiger partial charge < -0.3 is 15.3 Å². The van der Waals surface area contributed by atoms with Crippen molar-refractivity contribution in [1.82, 2.24) is 10.2 Å². The molecule has 0 aliphatic carbocycles. The monoisotopic (exact) mass is 370 g/mol. The van der Waals surface area contributed by atoms with Crippen LogP contribution in [0.15, 0.2) is 48.5 Å². The highest BCUT2D eigenvalue weighted by atomic mass is 19.1. The first-order valence-corrected chi connectivity index (χ1v) is 8.63. The summed E-state index contributed by atoms with van der Waals surface area (Å²) < 4.78 is 13.2. The fourth-order valence-corrected chi connectivity index (χ4v) is 3.15. The van der Waals surface area contributed by atoms with E-state index in [2.05, 4.69) is 5.32 Å². The van der Waals surface area contributed by atoms with Crippen molar-refractivity contribution >= 4 is 17.8 Å². The molecule has 1 aliphatic heterocycles. The summed E-state index contributed by atoms with van der Waals surface area (Å²) in [5.41, 5.74) is 0.389. The molecule has 0 radical (unpaired) electrons. The highest BCUT2D eigenvalue weighted by Gasteiger charge is 2.27. The maximum Gasteiger partial charge on any atom is 0.336 e. The molecule has 1 aliphatic rings. The average Bonchev–Trinajstić information content (AvgIpc) is 2.68. The fraction of sp³-hybridized carbons (Fsp3) is 0.250. The van der Waals surface area contributed by atoms with Gasteiger partial charge >= 0.3 is 5.97 Å². The number of rotatable bonds is 4. The van der Waals surface area contributed by atoms with Crippen LogP contribution < -0.4 is 5.32 Å². The number of carboxylic acid groups (broad SMARTS) is 1. The molecule has 0 spiro atoms. The van der Waals surface area contributed by atoms with Gasteiger partial charge in [0, 0.05) is 24.7 Å². The third kappa shape index (κ3) is 4.31. The molecule has 1 fully saturated rings.